The molecule has 0 bridgehead atoms. The highest BCUT2D eigenvalue weighted by molar-refractivity contribution is 5.92. The number of hydrogen-bond donors (Lipinski definition) is 1. The second kappa shape index (κ2) is 7.04. The molecule has 106 valence electrons. The van der Waals surface area contributed by atoms with Gasteiger partial charge in [0.15, 0.2) is 0 Å². The largest absolute Gasteiger partial charge is 0.384 e. The van der Waals surface area contributed by atoms with Crippen molar-refractivity contribution in [3.63, 3.8) is 0 Å². The fourth-order valence-corrected chi connectivity index (χ4v) is 2.15. The van der Waals surface area contributed by atoms with Crippen LogP contribution in [0.1, 0.15) is 22.5 Å². The highest BCUT2D eigenvalue weighted by Gasteiger charge is 2.19. The summed E-state index contributed by atoms with van der Waals surface area (Å²) in [5.41, 5.74) is 1.15. The summed E-state index contributed by atoms with van der Waals surface area (Å²) in [7, 11) is 2.07. The zero-order valence-electron chi connectivity index (χ0n) is 11.7. The van der Waals surface area contributed by atoms with Crippen LogP contribution in [0.3, 0.4) is 0 Å². The van der Waals surface area contributed by atoms with Gasteiger partial charge in [0.05, 0.1) is 0 Å². The molecule has 0 radical (unpaired) electrons. The van der Waals surface area contributed by atoms with Crippen LogP contribution in [0.2, 0.25) is 0 Å². The molecular weight excluding hydrogens is 254 g/mol. The van der Waals surface area contributed by atoms with Gasteiger partial charge in [0, 0.05) is 31.4 Å². The molecule has 5 heteroatoms. The second-order valence-corrected chi connectivity index (χ2v) is 4.84. The molecule has 0 saturated carbocycles. The normalized spacial score (nSPS) is 16.2. The Balaban J connectivity index is 2.05. The van der Waals surface area contributed by atoms with Crippen LogP contribution in [0.4, 0.5) is 0 Å². The first-order valence-corrected chi connectivity index (χ1v) is 6.74. The van der Waals surface area contributed by atoms with E-state index in [9.17, 15) is 4.79 Å². The summed E-state index contributed by atoms with van der Waals surface area (Å²) in [6.07, 6.45) is 2.56. The molecular formula is C15H19N3O2. The van der Waals surface area contributed by atoms with E-state index in [0.717, 1.165) is 32.6 Å². The molecule has 1 aliphatic rings. The third-order valence-corrected chi connectivity index (χ3v) is 3.30. The third kappa shape index (κ3) is 3.80. The Morgan fingerprint density at radius 2 is 2.20 bits per heavy atom. The number of hydrogen-bond acceptors (Lipinski definition) is 4. The Kier molecular flexibility index (Phi) is 5.10. The molecule has 1 aliphatic heterocycles. The van der Waals surface area contributed by atoms with Gasteiger partial charge < -0.3 is 14.9 Å². The molecule has 1 aromatic heterocycles. The first-order chi connectivity index (χ1) is 9.70. The van der Waals surface area contributed by atoms with Gasteiger partial charge in [0.1, 0.15) is 12.3 Å². The van der Waals surface area contributed by atoms with Crippen LogP contribution >= 0.6 is 0 Å². The van der Waals surface area contributed by atoms with Gasteiger partial charge in [0.25, 0.3) is 5.91 Å². The van der Waals surface area contributed by atoms with E-state index in [1.54, 1.807) is 18.3 Å². The lowest BCUT2D eigenvalue weighted by Crippen LogP contribution is -2.34. The van der Waals surface area contributed by atoms with Crippen molar-refractivity contribution < 1.29 is 9.90 Å². The van der Waals surface area contributed by atoms with Crippen molar-refractivity contribution in [2.75, 3.05) is 39.8 Å². The smallest absolute Gasteiger partial charge is 0.272 e. The fourth-order valence-electron chi connectivity index (χ4n) is 2.15. The first-order valence-electron chi connectivity index (χ1n) is 6.74. The molecule has 0 aliphatic carbocycles. The van der Waals surface area contributed by atoms with Crippen LogP contribution in [-0.2, 0) is 0 Å². The van der Waals surface area contributed by atoms with Gasteiger partial charge in [-0.1, -0.05) is 11.8 Å². The average Bonchev–Trinajstić information content (AvgIpc) is 2.70. The van der Waals surface area contributed by atoms with Crippen molar-refractivity contribution in [2.45, 2.75) is 6.42 Å². The molecule has 2 rings (SSSR count). The number of amides is 1. The van der Waals surface area contributed by atoms with E-state index in [-0.39, 0.29) is 12.5 Å². The molecule has 1 aromatic rings. The SMILES string of the molecule is CN1CCCN(C(=O)c2ccc(C#CCO)cn2)CC1. The zero-order valence-corrected chi connectivity index (χ0v) is 11.7. The van der Waals surface area contributed by atoms with Gasteiger partial charge in [-0.3, -0.25) is 4.79 Å². The number of nitrogens with zero attached hydrogens (tertiary/aromatic N) is 3. The van der Waals surface area contributed by atoms with Gasteiger partial charge in [-0.25, -0.2) is 4.98 Å². The van der Waals surface area contributed by atoms with Crippen molar-refractivity contribution in [2.24, 2.45) is 0 Å². The predicted molar refractivity (Wildman–Crippen MR) is 76.2 cm³/mol. The van der Waals surface area contributed by atoms with E-state index in [1.807, 2.05) is 4.90 Å². The minimum Gasteiger partial charge on any atom is -0.384 e. The third-order valence-electron chi connectivity index (χ3n) is 3.30. The van der Waals surface area contributed by atoms with Crippen molar-refractivity contribution in [1.29, 1.82) is 0 Å². The van der Waals surface area contributed by atoms with Gasteiger partial charge in [-0.15, -0.1) is 0 Å². The van der Waals surface area contributed by atoms with Gasteiger partial charge in [-0.05, 0) is 32.1 Å². The molecule has 5 nitrogen and oxygen atoms in total. The molecule has 20 heavy (non-hydrogen) atoms. The van der Waals surface area contributed by atoms with E-state index in [0.29, 0.717) is 11.3 Å². The number of rotatable bonds is 1. The number of carbonyl (C=O) groups is 1. The fraction of sp³-hybridized carbons (Fsp3) is 0.467. The molecule has 1 N–H and O–H groups in total. The van der Waals surface area contributed by atoms with Gasteiger partial charge in [0.2, 0.25) is 0 Å². The van der Waals surface area contributed by atoms with Crippen molar-refractivity contribution in [1.82, 2.24) is 14.8 Å². The first kappa shape index (κ1) is 14.5. The molecule has 1 fully saturated rings. The number of aliphatic hydroxyl groups excluding tert-OH is 1. The molecule has 0 spiro atoms. The minimum atomic E-state index is -0.179. The van der Waals surface area contributed by atoms with E-state index >= 15 is 0 Å². The summed E-state index contributed by atoms with van der Waals surface area (Å²) in [5, 5.41) is 8.63. The van der Waals surface area contributed by atoms with Crippen LogP contribution < -0.4 is 0 Å². The van der Waals surface area contributed by atoms with Crippen molar-refractivity contribution in [3.8, 4) is 11.8 Å². The molecule has 0 aromatic carbocycles. The Bertz CT molecular complexity index is 516. The number of aromatic nitrogens is 1. The van der Waals surface area contributed by atoms with Crippen molar-refractivity contribution in [3.05, 3.63) is 29.6 Å². The standard InChI is InChI=1S/C15H19N3O2/c1-17-7-3-8-18(10-9-17)15(20)14-6-5-13(12-16-14)4-2-11-19/h5-6,12,19H,3,7-11H2,1H3. The lowest BCUT2D eigenvalue weighted by atomic mass is 10.2. The average molecular weight is 273 g/mol. The topological polar surface area (TPSA) is 56.7 Å². The van der Waals surface area contributed by atoms with Crippen molar-refractivity contribution >= 4 is 5.91 Å². The zero-order chi connectivity index (χ0) is 14.4. The summed E-state index contributed by atoms with van der Waals surface area (Å²) in [5.74, 6) is 5.29. The monoisotopic (exact) mass is 273 g/mol. The predicted octanol–water partition coefficient (Wildman–Crippen LogP) is 0.203. The molecule has 1 saturated heterocycles. The number of carbonyl (C=O) groups excluding carboxylic acids is 1. The lowest BCUT2D eigenvalue weighted by molar-refractivity contribution is 0.0757. The Labute approximate surface area is 119 Å². The minimum absolute atomic E-state index is 0.0260. The van der Waals surface area contributed by atoms with E-state index in [1.165, 1.54) is 0 Å². The molecule has 2 heterocycles. The highest BCUT2D eigenvalue weighted by atomic mass is 16.2. The highest BCUT2D eigenvalue weighted by Crippen LogP contribution is 2.07. The van der Waals surface area contributed by atoms with Crippen LogP contribution in [0.25, 0.3) is 0 Å². The molecule has 1 amide bonds. The maximum atomic E-state index is 12.4. The number of likely N-dealkylation sites (N-methyl/N-ethyl adjacent to an activating group) is 1. The summed E-state index contributed by atoms with van der Waals surface area (Å²) >= 11 is 0. The van der Waals surface area contributed by atoms with Crippen LogP contribution in [-0.4, -0.2) is 65.6 Å². The number of pyridine rings is 1. The van der Waals surface area contributed by atoms with Crippen LogP contribution in [0, 0.1) is 11.8 Å². The summed E-state index contributed by atoms with van der Waals surface area (Å²) in [4.78, 5) is 20.6. The van der Waals surface area contributed by atoms with Crippen LogP contribution in [0.15, 0.2) is 18.3 Å². The van der Waals surface area contributed by atoms with E-state index in [2.05, 4.69) is 28.8 Å². The maximum absolute atomic E-state index is 12.4. The summed E-state index contributed by atoms with van der Waals surface area (Å²) < 4.78 is 0. The quantitative estimate of drug-likeness (QED) is 0.743. The Morgan fingerprint density at radius 1 is 1.35 bits per heavy atom. The maximum Gasteiger partial charge on any atom is 0.272 e. The number of aliphatic hydroxyl groups is 1. The molecule has 0 unspecified atom stereocenters. The van der Waals surface area contributed by atoms with Crippen LogP contribution in [0.5, 0.6) is 0 Å². The van der Waals surface area contributed by atoms with Gasteiger partial charge in [-0.2, -0.15) is 0 Å². The second-order valence-electron chi connectivity index (χ2n) is 4.84. The summed E-state index contributed by atoms with van der Waals surface area (Å²) in [6, 6.07) is 3.45. The van der Waals surface area contributed by atoms with Gasteiger partial charge >= 0.3 is 0 Å². The van der Waals surface area contributed by atoms with E-state index in [4.69, 9.17) is 5.11 Å². The lowest BCUT2D eigenvalue weighted by Gasteiger charge is -2.19. The summed E-state index contributed by atoms with van der Waals surface area (Å²) in [6.45, 7) is 3.25. The Hall–Kier alpha value is -1.90. The van der Waals surface area contributed by atoms with E-state index < -0.39 is 0 Å². The molecule has 0 atom stereocenters. The Morgan fingerprint density at radius 3 is 2.90 bits per heavy atom.